The predicted octanol–water partition coefficient (Wildman–Crippen LogP) is 2.96. The first-order chi connectivity index (χ1) is 9.35. The van der Waals surface area contributed by atoms with Crippen molar-refractivity contribution in [1.29, 1.82) is 0 Å². The van der Waals surface area contributed by atoms with Crippen molar-refractivity contribution >= 4 is 29.2 Å². The van der Waals surface area contributed by atoms with Gasteiger partial charge in [0.15, 0.2) is 0 Å². The van der Waals surface area contributed by atoms with E-state index in [-0.39, 0.29) is 18.0 Å². The zero-order valence-electron chi connectivity index (χ0n) is 12.2. The Morgan fingerprint density at radius 1 is 1.35 bits per heavy atom. The molecule has 6 heteroatoms. The molecular weight excluding hydrogens is 278 g/mol. The number of halogens is 1. The number of anilines is 1. The molecule has 110 valence electrons. The van der Waals surface area contributed by atoms with Crippen LogP contribution in [-0.4, -0.2) is 37.0 Å². The van der Waals surface area contributed by atoms with E-state index in [2.05, 4.69) is 10.6 Å². The van der Waals surface area contributed by atoms with Gasteiger partial charge in [-0.3, -0.25) is 4.79 Å². The Labute approximate surface area is 124 Å². The lowest BCUT2D eigenvalue weighted by atomic mass is 10.1. The molecule has 1 atom stereocenters. The highest BCUT2D eigenvalue weighted by Gasteiger charge is 2.16. The first-order valence-electron chi connectivity index (χ1n) is 6.43. The van der Waals surface area contributed by atoms with Gasteiger partial charge in [0.1, 0.15) is 0 Å². The van der Waals surface area contributed by atoms with E-state index in [0.717, 1.165) is 6.42 Å². The molecule has 0 fully saturated rings. The molecule has 20 heavy (non-hydrogen) atoms. The van der Waals surface area contributed by atoms with Crippen LogP contribution >= 0.6 is 11.6 Å². The first kappa shape index (κ1) is 16.3. The number of benzene rings is 1. The number of carbonyl (C=O) groups is 2. The summed E-state index contributed by atoms with van der Waals surface area (Å²) in [6.45, 7) is 3.88. The largest absolute Gasteiger partial charge is 0.345 e. The van der Waals surface area contributed by atoms with Crippen LogP contribution in [0.2, 0.25) is 5.02 Å². The smallest absolute Gasteiger partial charge is 0.319 e. The van der Waals surface area contributed by atoms with Gasteiger partial charge < -0.3 is 15.5 Å². The van der Waals surface area contributed by atoms with Crippen molar-refractivity contribution in [3.63, 3.8) is 0 Å². The highest BCUT2D eigenvalue weighted by Crippen LogP contribution is 2.22. The molecule has 1 aromatic carbocycles. The number of hydrogen-bond donors (Lipinski definition) is 2. The Balaban J connectivity index is 2.95. The molecule has 0 aliphatic rings. The fraction of sp³-hybridized carbons (Fsp3) is 0.429. The molecule has 0 saturated heterocycles. The molecule has 0 saturated carbocycles. The van der Waals surface area contributed by atoms with Crippen LogP contribution in [0.5, 0.6) is 0 Å². The minimum Gasteiger partial charge on any atom is -0.345 e. The summed E-state index contributed by atoms with van der Waals surface area (Å²) in [4.78, 5) is 25.3. The van der Waals surface area contributed by atoms with Crippen LogP contribution < -0.4 is 10.6 Å². The fourth-order valence-corrected chi connectivity index (χ4v) is 1.70. The lowest BCUT2D eigenvalue weighted by Crippen LogP contribution is -2.36. The van der Waals surface area contributed by atoms with Crippen molar-refractivity contribution in [2.24, 2.45) is 0 Å². The van der Waals surface area contributed by atoms with Crippen molar-refractivity contribution in [3.05, 3.63) is 28.8 Å². The van der Waals surface area contributed by atoms with Crippen molar-refractivity contribution in [2.75, 3.05) is 19.4 Å². The van der Waals surface area contributed by atoms with Crippen LogP contribution in [0.1, 0.15) is 30.6 Å². The van der Waals surface area contributed by atoms with Crippen LogP contribution in [-0.2, 0) is 0 Å². The van der Waals surface area contributed by atoms with Gasteiger partial charge in [-0.1, -0.05) is 18.5 Å². The Bertz CT molecular complexity index is 503. The Hall–Kier alpha value is -1.75. The number of rotatable bonds is 4. The number of amides is 3. The molecule has 0 spiro atoms. The number of carbonyl (C=O) groups excluding carboxylic acids is 2. The zero-order chi connectivity index (χ0) is 15.3. The van der Waals surface area contributed by atoms with E-state index in [1.165, 1.54) is 4.90 Å². The number of urea groups is 1. The van der Waals surface area contributed by atoms with E-state index in [1.807, 2.05) is 13.8 Å². The molecule has 0 unspecified atom stereocenters. The lowest BCUT2D eigenvalue weighted by Gasteiger charge is -2.17. The van der Waals surface area contributed by atoms with Gasteiger partial charge in [-0.15, -0.1) is 0 Å². The summed E-state index contributed by atoms with van der Waals surface area (Å²) in [5, 5.41) is 5.90. The van der Waals surface area contributed by atoms with Crippen LogP contribution in [0.3, 0.4) is 0 Å². The van der Waals surface area contributed by atoms with Crippen LogP contribution in [0.25, 0.3) is 0 Å². The maximum atomic E-state index is 12.0. The predicted molar refractivity (Wildman–Crippen MR) is 81.4 cm³/mol. The molecule has 0 radical (unpaired) electrons. The van der Waals surface area contributed by atoms with E-state index >= 15 is 0 Å². The minimum absolute atomic E-state index is 0.0576. The van der Waals surface area contributed by atoms with Gasteiger partial charge in [-0.25, -0.2) is 4.79 Å². The van der Waals surface area contributed by atoms with Gasteiger partial charge in [-0.2, -0.15) is 0 Å². The molecule has 0 aliphatic heterocycles. The standard InChI is InChI=1S/C14H20ClN3O2/c1-5-9(2)16-14(20)17-12-8-10(15)6-7-11(12)13(19)18(3)4/h6-9H,5H2,1-4H3,(H2,16,17,20)/t9-/m0/s1. The van der Waals surface area contributed by atoms with E-state index in [0.29, 0.717) is 16.3 Å². The fourth-order valence-electron chi connectivity index (χ4n) is 1.53. The SMILES string of the molecule is CC[C@H](C)NC(=O)Nc1cc(Cl)ccc1C(=O)N(C)C. The molecular formula is C14H20ClN3O2. The average molecular weight is 298 g/mol. The summed E-state index contributed by atoms with van der Waals surface area (Å²) >= 11 is 5.92. The second-order valence-electron chi connectivity index (χ2n) is 4.80. The monoisotopic (exact) mass is 297 g/mol. The summed E-state index contributed by atoms with van der Waals surface area (Å²) in [5.41, 5.74) is 0.802. The van der Waals surface area contributed by atoms with Gasteiger partial charge in [0.25, 0.3) is 5.91 Å². The highest BCUT2D eigenvalue weighted by atomic mass is 35.5. The van der Waals surface area contributed by atoms with E-state index in [4.69, 9.17) is 11.6 Å². The Kier molecular flexibility index (Phi) is 5.82. The topological polar surface area (TPSA) is 61.4 Å². The summed E-state index contributed by atoms with van der Waals surface area (Å²) in [6, 6.07) is 4.49. The highest BCUT2D eigenvalue weighted by molar-refractivity contribution is 6.31. The normalized spacial score (nSPS) is 11.7. The molecule has 0 heterocycles. The van der Waals surface area contributed by atoms with Crippen LogP contribution in [0, 0.1) is 0 Å². The van der Waals surface area contributed by atoms with Crippen molar-refractivity contribution in [3.8, 4) is 0 Å². The molecule has 1 aromatic rings. The quantitative estimate of drug-likeness (QED) is 0.897. The summed E-state index contributed by atoms with van der Waals surface area (Å²) in [6.07, 6.45) is 0.826. The molecule has 0 aliphatic carbocycles. The molecule has 5 nitrogen and oxygen atoms in total. The lowest BCUT2D eigenvalue weighted by molar-refractivity contribution is 0.0828. The maximum Gasteiger partial charge on any atom is 0.319 e. The van der Waals surface area contributed by atoms with Crippen LogP contribution in [0.15, 0.2) is 18.2 Å². The minimum atomic E-state index is -0.352. The third-order valence-corrected chi connectivity index (χ3v) is 3.09. The van der Waals surface area contributed by atoms with E-state index in [1.54, 1.807) is 32.3 Å². The number of hydrogen-bond acceptors (Lipinski definition) is 2. The third kappa shape index (κ3) is 4.42. The van der Waals surface area contributed by atoms with Gasteiger partial charge in [0.05, 0.1) is 11.3 Å². The van der Waals surface area contributed by atoms with E-state index < -0.39 is 0 Å². The van der Waals surface area contributed by atoms with Crippen LogP contribution in [0.4, 0.5) is 10.5 Å². The van der Waals surface area contributed by atoms with Gasteiger partial charge in [0, 0.05) is 25.2 Å². The Morgan fingerprint density at radius 3 is 2.55 bits per heavy atom. The van der Waals surface area contributed by atoms with E-state index in [9.17, 15) is 9.59 Å². The molecule has 0 bridgehead atoms. The van der Waals surface area contributed by atoms with Crippen molar-refractivity contribution in [1.82, 2.24) is 10.2 Å². The molecule has 0 aromatic heterocycles. The maximum absolute atomic E-state index is 12.0. The number of nitrogens with zero attached hydrogens (tertiary/aromatic N) is 1. The molecule has 1 rings (SSSR count). The Morgan fingerprint density at radius 2 is 2.00 bits per heavy atom. The summed E-state index contributed by atoms with van der Waals surface area (Å²) in [5.74, 6) is -0.194. The van der Waals surface area contributed by atoms with Crippen molar-refractivity contribution < 1.29 is 9.59 Å². The third-order valence-electron chi connectivity index (χ3n) is 2.86. The molecule has 3 amide bonds. The second-order valence-corrected chi connectivity index (χ2v) is 5.23. The second kappa shape index (κ2) is 7.14. The summed E-state index contributed by atoms with van der Waals surface area (Å²) < 4.78 is 0. The van der Waals surface area contributed by atoms with Crippen molar-refractivity contribution in [2.45, 2.75) is 26.3 Å². The molecule has 2 N–H and O–H groups in total. The zero-order valence-corrected chi connectivity index (χ0v) is 12.9. The average Bonchev–Trinajstić information content (AvgIpc) is 2.37. The first-order valence-corrected chi connectivity index (χ1v) is 6.81. The number of nitrogens with one attached hydrogen (secondary N) is 2. The summed E-state index contributed by atoms with van der Waals surface area (Å²) in [7, 11) is 3.31. The van der Waals surface area contributed by atoms with Gasteiger partial charge in [-0.05, 0) is 31.5 Å². The van der Waals surface area contributed by atoms with Gasteiger partial charge in [0.2, 0.25) is 0 Å². The van der Waals surface area contributed by atoms with Gasteiger partial charge >= 0.3 is 6.03 Å².